The van der Waals surface area contributed by atoms with Crippen molar-refractivity contribution < 1.29 is 14.3 Å². The number of carbonyl (C=O) groups excluding carboxylic acids is 1. The van der Waals surface area contributed by atoms with Gasteiger partial charge in [-0.2, -0.15) is 5.10 Å². The Morgan fingerprint density at radius 1 is 1.09 bits per heavy atom. The monoisotopic (exact) mass is 478 g/mol. The summed E-state index contributed by atoms with van der Waals surface area (Å²) in [6, 6.07) is 16.5. The summed E-state index contributed by atoms with van der Waals surface area (Å²) < 4.78 is 10.5. The summed E-state index contributed by atoms with van der Waals surface area (Å²) >= 11 is 1.20. The van der Waals surface area contributed by atoms with Crippen molar-refractivity contribution in [1.82, 2.24) is 15.0 Å². The fourth-order valence-corrected chi connectivity index (χ4v) is 4.46. The fourth-order valence-electron chi connectivity index (χ4n) is 3.71. The third-order valence-corrected chi connectivity index (χ3v) is 6.42. The lowest BCUT2D eigenvalue weighted by Crippen LogP contribution is -2.28. The van der Waals surface area contributed by atoms with Crippen LogP contribution in [0.2, 0.25) is 0 Å². The Labute approximate surface area is 202 Å². The summed E-state index contributed by atoms with van der Waals surface area (Å²) in [5, 5.41) is 6.67. The number of ether oxygens (including phenoxy) is 2. The second kappa shape index (κ2) is 10.6. The minimum absolute atomic E-state index is 0.0994. The van der Waals surface area contributed by atoms with E-state index < -0.39 is 0 Å². The van der Waals surface area contributed by atoms with Crippen LogP contribution in [0.4, 0.5) is 0 Å². The molecule has 9 heteroatoms. The number of nitrogens with zero attached hydrogens (tertiary/aromatic N) is 3. The van der Waals surface area contributed by atoms with Crippen molar-refractivity contribution in [2.45, 2.75) is 31.0 Å². The lowest BCUT2D eigenvalue weighted by molar-refractivity contribution is -0.130. The largest absolute Gasteiger partial charge is 0.497 e. The van der Waals surface area contributed by atoms with Crippen LogP contribution in [-0.4, -0.2) is 46.6 Å². The van der Waals surface area contributed by atoms with Gasteiger partial charge in [0.05, 0.1) is 31.7 Å². The molecule has 0 saturated heterocycles. The first-order valence-electron chi connectivity index (χ1n) is 10.9. The van der Waals surface area contributed by atoms with Crippen molar-refractivity contribution in [3.63, 3.8) is 0 Å². The molecule has 4 rings (SSSR count). The van der Waals surface area contributed by atoms with Crippen LogP contribution in [-0.2, 0) is 11.2 Å². The third-order valence-electron chi connectivity index (χ3n) is 5.56. The van der Waals surface area contributed by atoms with Gasteiger partial charge >= 0.3 is 0 Å². The molecule has 1 aliphatic heterocycles. The number of benzene rings is 2. The molecule has 1 aliphatic rings. The van der Waals surface area contributed by atoms with Gasteiger partial charge in [-0.15, -0.1) is 0 Å². The van der Waals surface area contributed by atoms with Crippen molar-refractivity contribution in [2.75, 3.05) is 20.0 Å². The number of carbonyl (C=O) groups is 1. The zero-order valence-electron chi connectivity index (χ0n) is 19.3. The predicted molar refractivity (Wildman–Crippen MR) is 132 cm³/mol. The molecule has 0 unspecified atom stereocenters. The number of hydrogen-bond donors (Lipinski definition) is 1. The van der Waals surface area contributed by atoms with Crippen LogP contribution >= 0.6 is 11.8 Å². The topological polar surface area (TPSA) is 96.9 Å². The van der Waals surface area contributed by atoms with Crippen molar-refractivity contribution in [3.05, 3.63) is 81.8 Å². The van der Waals surface area contributed by atoms with Gasteiger partial charge in [-0.1, -0.05) is 30.8 Å². The van der Waals surface area contributed by atoms with Gasteiger partial charge in [0.15, 0.2) is 5.16 Å². The maximum absolute atomic E-state index is 13.3. The highest BCUT2D eigenvalue weighted by molar-refractivity contribution is 7.99. The number of aromatic amines is 1. The quantitative estimate of drug-likeness (QED) is 0.391. The Balaban J connectivity index is 1.58. The van der Waals surface area contributed by atoms with Gasteiger partial charge in [-0.05, 0) is 53.9 Å². The van der Waals surface area contributed by atoms with E-state index in [4.69, 9.17) is 14.6 Å². The van der Waals surface area contributed by atoms with Gasteiger partial charge in [0, 0.05) is 18.2 Å². The molecule has 1 atom stereocenters. The molecule has 1 amide bonds. The number of aryl methyl sites for hydroxylation is 1. The first-order valence-corrected chi connectivity index (χ1v) is 11.9. The maximum atomic E-state index is 13.3. The molecule has 3 aromatic rings. The zero-order valence-corrected chi connectivity index (χ0v) is 20.1. The molecule has 1 N–H and O–H groups in total. The van der Waals surface area contributed by atoms with E-state index in [1.54, 1.807) is 14.2 Å². The Hall–Kier alpha value is -3.59. The number of H-pyrrole nitrogens is 1. The summed E-state index contributed by atoms with van der Waals surface area (Å²) in [4.78, 5) is 32.2. The number of aromatic nitrogens is 2. The predicted octanol–water partition coefficient (Wildman–Crippen LogP) is 3.82. The molecular formula is C25H26N4O4S. The highest BCUT2D eigenvalue weighted by Crippen LogP contribution is 2.34. The minimum Gasteiger partial charge on any atom is -0.497 e. The van der Waals surface area contributed by atoms with E-state index in [0.717, 1.165) is 28.3 Å². The Bertz CT molecular complexity index is 1240. The van der Waals surface area contributed by atoms with Crippen LogP contribution in [0.15, 0.2) is 69.6 Å². The van der Waals surface area contributed by atoms with E-state index in [2.05, 4.69) is 9.97 Å². The van der Waals surface area contributed by atoms with Gasteiger partial charge in [0.2, 0.25) is 0 Å². The average molecular weight is 479 g/mol. The summed E-state index contributed by atoms with van der Waals surface area (Å²) in [6.45, 7) is 1.93. The number of hydrogen-bond acceptors (Lipinski definition) is 7. The first-order chi connectivity index (χ1) is 16.5. The van der Waals surface area contributed by atoms with Crippen LogP contribution in [0.3, 0.4) is 0 Å². The molecule has 2 heterocycles. The van der Waals surface area contributed by atoms with Crippen molar-refractivity contribution >= 4 is 23.4 Å². The second-order valence-electron chi connectivity index (χ2n) is 7.69. The van der Waals surface area contributed by atoms with Crippen LogP contribution in [0.5, 0.6) is 11.5 Å². The number of methoxy groups -OCH3 is 2. The molecule has 0 fully saturated rings. The Morgan fingerprint density at radius 2 is 1.74 bits per heavy atom. The van der Waals surface area contributed by atoms with Gasteiger partial charge in [-0.25, -0.2) is 9.99 Å². The number of rotatable bonds is 8. The number of thioether (sulfide) groups is 1. The fraction of sp³-hybridized carbons (Fsp3) is 0.280. The minimum atomic E-state index is -0.245. The van der Waals surface area contributed by atoms with Crippen molar-refractivity contribution in [2.24, 2.45) is 5.10 Å². The van der Waals surface area contributed by atoms with Gasteiger partial charge in [0.1, 0.15) is 11.5 Å². The molecule has 0 aliphatic carbocycles. The molecule has 0 bridgehead atoms. The van der Waals surface area contributed by atoms with Gasteiger partial charge < -0.3 is 14.5 Å². The van der Waals surface area contributed by atoms with E-state index >= 15 is 0 Å². The highest BCUT2D eigenvalue weighted by Gasteiger charge is 2.33. The number of amides is 1. The summed E-state index contributed by atoms with van der Waals surface area (Å²) in [5.41, 5.74) is 3.19. The van der Waals surface area contributed by atoms with E-state index in [0.29, 0.717) is 23.7 Å². The molecule has 34 heavy (non-hydrogen) atoms. The van der Waals surface area contributed by atoms with Gasteiger partial charge in [0.25, 0.3) is 11.5 Å². The standard InChI is InChI=1S/C25H26N4O4S/c1-4-18-13-23(30)27-25(26-18)34-15-24(31)29-22(17-7-11-20(33-3)12-8-17)14-21(28-29)16-5-9-19(32-2)10-6-16/h5-13,22H,4,14-15H2,1-3H3,(H,26,27,30)/t22-/m1/s1. The Kier molecular flexibility index (Phi) is 7.32. The van der Waals surface area contributed by atoms with Crippen LogP contribution in [0.1, 0.15) is 36.2 Å². The van der Waals surface area contributed by atoms with Crippen molar-refractivity contribution in [3.8, 4) is 11.5 Å². The van der Waals surface area contributed by atoms with Crippen molar-refractivity contribution in [1.29, 1.82) is 0 Å². The molecule has 8 nitrogen and oxygen atoms in total. The zero-order chi connectivity index (χ0) is 24.1. The SMILES string of the molecule is CCc1cc(=O)[nH]c(SCC(=O)N2N=C(c3ccc(OC)cc3)C[C@@H]2c2ccc(OC)cc2)n1. The van der Waals surface area contributed by atoms with E-state index in [9.17, 15) is 9.59 Å². The number of hydrazone groups is 1. The second-order valence-corrected chi connectivity index (χ2v) is 8.65. The normalized spacial score (nSPS) is 15.2. The van der Waals surface area contributed by atoms with E-state index in [-0.39, 0.29) is 23.3 Å². The molecule has 0 spiro atoms. The molecule has 1 aromatic heterocycles. The lowest BCUT2D eigenvalue weighted by Gasteiger charge is -2.22. The summed E-state index contributed by atoms with van der Waals surface area (Å²) in [6.07, 6.45) is 1.22. The van der Waals surface area contributed by atoms with Crippen LogP contribution in [0.25, 0.3) is 0 Å². The summed E-state index contributed by atoms with van der Waals surface area (Å²) in [5.74, 6) is 1.44. The highest BCUT2D eigenvalue weighted by atomic mass is 32.2. The molecule has 0 radical (unpaired) electrons. The van der Waals surface area contributed by atoms with Gasteiger partial charge in [-0.3, -0.25) is 9.59 Å². The summed E-state index contributed by atoms with van der Waals surface area (Å²) in [7, 11) is 3.24. The molecule has 0 saturated carbocycles. The number of nitrogens with one attached hydrogen (secondary N) is 1. The molecular weight excluding hydrogens is 452 g/mol. The van der Waals surface area contributed by atoms with Crippen LogP contribution in [0, 0.1) is 0 Å². The molecule has 2 aromatic carbocycles. The lowest BCUT2D eigenvalue weighted by atomic mass is 9.98. The third kappa shape index (κ3) is 5.31. The maximum Gasteiger partial charge on any atom is 0.253 e. The first kappa shape index (κ1) is 23.6. The van der Waals surface area contributed by atoms with E-state index in [1.807, 2.05) is 55.5 Å². The average Bonchev–Trinajstić information content (AvgIpc) is 3.32. The van der Waals surface area contributed by atoms with Crippen LogP contribution < -0.4 is 15.0 Å². The Morgan fingerprint density at radius 3 is 2.35 bits per heavy atom. The molecule has 176 valence electrons. The van der Waals surface area contributed by atoms with E-state index in [1.165, 1.54) is 22.8 Å². The smallest absolute Gasteiger partial charge is 0.253 e.